The monoisotopic (exact) mass is 385 g/mol. The van der Waals surface area contributed by atoms with Crippen LogP contribution in [-0.2, 0) is 23.0 Å². The van der Waals surface area contributed by atoms with E-state index in [9.17, 15) is 8.42 Å². The van der Waals surface area contributed by atoms with Crippen molar-refractivity contribution >= 4 is 16.0 Å². The molecule has 2 heterocycles. The molecule has 0 saturated carbocycles. The van der Waals surface area contributed by atoms with Crippen LogP contribution in [0.4, 0.5) is 0 Å². The van der Waals surface area contributed by atoms with Gasteiger partial charge >= 0.3 is 0 Å². The van der Waals surface area contributed by atoms with Crippen LogP contribution in [0.5, 0.6) is 0 Å². The molecular formula is C16H31N7O2S. The number of nitrogens with zero attached hydrogens (tertiary/aromatic N) is 5. The highest BCUT2D eigenvalue weighted by atomic mass is 32.2. The number of sulfonamides is 1. The van der Waals surface area contributed by atoms with Gasteiger partial charge in [-0.1, -0.05) is 6.92 Å². The third kappa shape index (κ3) is 5.66. The number of hydrogen-bond acceptors (Lipinski definition) is 5. The highest BCUT2D eigenvalue weighted by molar-refractivity contribution is 7.89. The predicted molar refractivity (Wildman–Crippen MR) is 103 cm³/mol. The van der Waals surface area contributed by atoms with E-state index in [1.807, 2.05) is 11.5 Å². The van der Waals surface area contributed by atoms with Gasteiger partial charge in [0.2, 0.25) is 10.0 Å². The van der Waals surface area contributed by atoms with Crippen LogP contribution >= 0.6 is 0 Å². The number of hydrogen-bond donors (Lipinski definition) is 2. The minimum atomic E-state index is -3.08. The number of rotatable bonds is 8. The first-order valence-electron chi connectivity index (χ1n) is 9.39. The maximum absolute atomic E-state index is 11.9. The molecule has 1 saturated heterocycles. The Morgan fingerprint density at radius 2 is 2.04 bits per heavy atom. The van der Waals surface area contributed by atoms with Gasteiger partial charge in [0.1, 0.15) is 12.2 Å². The molecule has 9 nitrogen and oxygen atoms in total. The standard InChI is InChI=1S/C16H31N7O2S/c1-4-15-21-19-13-22(15)12-9-18-16(17-5-2)20-14-7-10-23(11-8-14)26(24,25)6-3/h13-14H,4-12H2,1-3H3,(H2,17,18,20). The summed E-state index contributed by atoms with van der Waals surface area (Å²) in [6.07, 6.45) is 4.16. The number of aromatic nitrogens is 3. The Kier molecular flexibility index (Phi) is 7.83. The summed E-state index contributed by atoms with van der Waals surface area (Å²) in [5.41, 5.74) is 0. The maximum atomic E-state index is 11.9. The van der Waals surface area contributed by atoms with Crippen LogP contribution in [0.15, 0.2) is 11.3 Å². The van der Waals surface area contributed by atoms with Gasteiger partial charge in [-0.15, -0.1) is 10.2 Å². The molecule has 0 amide bonds. The second kappa shape index (κ2) is 9.86. The molecule has 26 heavy (non-hydrogen) atoms. The summed E-state index contributed by atoms with van der Waals surface area (Å²) in [6.45, 7) is 9.05. The van der Waals surface area contributed by atoms with Crippen molar-refractivity contribution in [3.8, 4) is 0 Å². The van der Waals surface area contributed by atoms with Crippen molar-refractivity contribution in [2.24, 2.45) is 4.99 Å². The van der Waals surface area contributed by atoms with E-state index < -0.39 is 10.0 Å². The summed E-state index contributed by atoms with van der Waals surface area (Å²) < 4.78 is 27.5. The van der Waals surface area contributed by atoms with Crippen LogP contribution < -0.4 is 10.6 Å². The molecule has 2 N–H and O–H groups in total. The van der Waals surface area contributed by atoms with E-state index in [4.69, 9.17) is 0 Å². The molecule has 1 aliphatic rings. The molecule has 0 aliphatic carbocycles. The van der Waals surface area contributed by atoms with Crippen molar-refractivity contribution in [1.82, 2.24) is 29.7 Å². The zero-order chi connectivity index (χ0) is 19.0. The van der Waals surface area contributed by atoms with Crippen LogP contribution in [0.1, 0.15) is 39.4 Å². The van der Waals surface area contributed by atoms with E-state index in [-0.39, 0.29) is 11.8 Å². The molecule has 1 aromatic rings. The zero-order valence-corrected chi connectivity index (χ0v) is 16.8. The van der Waals surface area contributed by atoms with Crippen LogP contribution in [-0.4, -0.2) is 71.4 Å². The number of piperidine rings is 1. The van der Waals surface area contributed by atoms with Gasteiger partial charge in [0.15, 0.2) is 5.96 Å². The highest BCUT2D eigenvalue weighted by Crippen LogP contribution is 2.14. The lowest BCUT2D eigenvalue weighted by atomic mass is 10.1. The van der Waals surface area contributed by atoms with Crippen molar-refractivity contribution in [2.45, 2.75) is 52.6 Å². The molecule has 10 heteroatoms. The van der Waals surface area contributed by atoms with Gasteiger partial charge in [0.05, 0.1) is 12.3 Å². The molecule has 0 aromatic carbocycles. The van der Waals surface area contributed by atoms with E-state index in [1.165, 1.54) is 0 Å². The largest absolute Gasteiger partial charge is 0.357 e. The quantitative estimate of drug-likeness (QED) is 0.490. The van der Waals surface area contributed by atoms with Crippen molar-refractivity contribution < 1.29 is 8.42 Å². The van der Waals surface area contributed by atoms with E-state index in [0.29, 0.717) is 19.6 Å². The van der Waals surface area contributed by atoms with Crippen molar-refractivity contribution in [1.29, 1.82) is 0 Å². The summed E-state index contributed by atoms with van der Waals surface area (Å²) in [4.78, 5) is 4.63. The molecule has 148 valence electrons. The van der Waals surface area contributed by atoms with Gasteiger partial charge < -0.3 is 15.2 Å². The van der Waals surface area contributed by atoms with Gasteiger partial charge in [-0.3, -0.25) is 4.99 Å². The number of aliphatic imine (C=N–C) groups is 1. The molecule has 2 rings (SSSR count). The molecule has 0 radical (unpaired) electrons. The van der Waals surface area contributed by atoms with Crippen molar-refractivity contribution in [2.75, 3.05) is 31.9 Å². The highest BCUT2D eigenvalue weighted by Gasteiger charge is 2.26. The van der Waals surface area contributed by atoms with Crippen LogP contribution in [0.2, 0.25) is 0 Å². The van der Waals surface area contributed by atoms with Gasteiger partial charge in [0.25, 0.3) is 0 Å². The Morgan fingerprint density at radius 1 is 1.31 bits per heavy atom. The number of guanidine groups is 1. The molecule has 0 bridgehead atoms. The Labute approximate surface area is 156 Å². The van der Waals surface area contributed by atoms with Crippen molar-refractivity contribution in [3.63, 3.8) is 0 Å². The van der Waals surface area contributed by atoms with Crippen molar-refractivity contribution in [3.05, 3.63) is 12.2 Å². The summed E-state index contributed by atoms with van der Waals surface area (Å²) >= 11 is 0. The van der Waals surface area contributed by atoms with E-state index in [2.05, 4.69) is 32.7 Å². The summed E-state index contributed by atoms with van der Waals surface area (Å²) in [6, 6.07) is 0.234. The Bertz CT molecular complexity index is 679. The minimum Gasteiger partial charge on any atom is -0.357 e. The number of aryl methyl sites for hydroxylation is 1. The van der Waals surface area contributed by atoms with Gasteiger partial charge in [-0.2, -0.15) is 0 Å². The SMILES string of the molecule is CCNC(=NCCn1cnnc1CC)NC1CCN(S(=O)(=O)CC)CC1. The molecule has 1 fully saturated rings. The average Bonchev–Trinajstić information content (AvgIpc) is 3.10. The predicted octanol–water partition coefficient (Wildman–Crippen LogP) is 0.210. The maximum Gasteiger partial charge on any atom is 0.213 e. The second-order valence-electron chi connectivity index (χ2n) is 6.27. The zero-order valence-electron chi connectivity index (χ0n) is 16.0. The third-order valence-electron chi connectivity index (χ3n) is 4.52. The second-order valence-corrected chi connectivity index (χ2v) is 8.53. The molecule has 0 spiro atoms. The van der Waals surface area contributed by atoms with Crippen LogP contribution in [0.3, 0.4) is 0 Å². The summed E-state index contributed by atoms with van der Waals surface area (Å²) in [5.74, 6) is 1.90. The summed E-state index contributed by atoms with van der Waals surface area (Å²) in [7, 11) is -3.08. The lowest BCUT2D eigenvalue weighted by Gasteiger charge is -2.32. The van der Waals surface area contributed by atoms with Gasteiger partial charge in [0, 0.05) is 38.6 Å². The average molecular weight is 386 g/mol. The normalized spacial score (nSPS) is 17.4. The Balaban J connectivity index is 1.86. The summed E-state index contributed by atoms with van der Waals surface area (Å²) in [5, 5.41) is 14.7. The smallest absolute Gasteiger partial charge is 0.213 e. The molecule has 1 aliphatic heterocycles. The van der Waals surface area contributed by atoms with Gasteiger partial charge in [-0.25, -0.2) is 12.7 Å². The van der Waals surface area contributed by atoms with Gasteiger partial charge in [-0.05, 0) is 26.7 Å². The van der Waals surface area contributed by atoms with Crippen LogP contribution in [0.25, 0.3) is 0 Å². The van der Waals surface area contributed by atoms with E-state index in [0.717, 1.165) is 44.1 Å². The molecular weight excluding hydrogens is 354 g/mol. The fraction of sp³-hybridized carbons (Fsp3) is 0.812. The first-order valence-corrected chi connectivity index (χ1v) is 11.0. The fourth-order valence-electron chi connectivity index (χ4n) is 2.98. The molecule has 0 unspecified atom stereocenters. The van der Waals surface area contributed by atoms with E-state index in [1.54, 1.807) is 17.6 Å². The topological polar surface area (TPSA) is 105 Å². The lowest BCUT2D eigenvalue weighted by molar-refractivity contribution is 0.306. The Hall–Kier alpha value is -1.68. The Morgan fingerprint density at radius 3 is 2.65 bits per heavy atom. The fourth-order valence-corrected chi connectivity index (χ4v) is 4.12. The molecule has 0 atom stereocenters. The molecule has 1 aromatic heterocycles. The third-order valence-corrected chi connectivity index (χ3v) is 6.40. The first kappa shape index (κ1) is 20.6. The first-order chi connectivity index (χ1) is 12.5. The lowest BCUT2D eigenvalue weighted by Crippen LogP contribution is -2.50. The van der Waals surface area contributed by atoms with E-state index >= 15 is 0 Å². The minimum absolute atomic E-state index is 0.165. The number of nitrogens with one attached hydrogen (secondary N) is 2. The van der Waals surface area contributed by atoms with Crippen LogP contribution in [0, 0.1) is 0 Å².